The van der Waals surface area contributed by atoms with Gasteiger partial charge in [0.15, 0.2) is 0 Å². The average molecular weight is 381 g/mol. The van der Waals surface area contributed by atoms with Crippen molar-refractivity contribution in [3.05, 3.63) is 51.3 Å². The van der Waals surface area contributed by atoms with E-state index in [1.807, 2.05) is 6.92 Å². The molecule has 2 aromatic heterocycles. The van der Waals surface area contributed by atoms with Crippen molar-refractivity contribution in [2.75, 3.05) is 25.2 Å². The minimum absolute atomic E-state index is 0.588. The fourth-order valence-electron chi connectivity index (χ4n) is 3.32. The Labute approximate surface area is 163 Å². The molecule has 0 radical (unpaired) electrons. The number of fused-ring (bicyclic) bond motifs is 1. The first kappa shape index (κ1) is 17.9. The SMILES string of the molecule is Cc1cc(C)c2nc(NC3=NCN(CCc4cccs4)CN3)nc(C)c2c1. The Morgan fingerprint density at radius 1 is 1.22 bits per heavy atom. The van der Waals surface area contributed by atoms with Crippen LogP contribution in [0.1, 0.15) is 21.7 Å². The van der Waals surface area contributed by atoms with Crippen LogP contribution >= 0.6 is 11.3 Å². The molecule has 140 valence electrons. The lowest BCUT2D eigenvalue weighted by Gasteiger charge is -2.26. The fraction of sp³-hybridized carbons (Fsp3) is 0.350. The van der Waals surface area contributed by atoms with E-state index >= 15 is 0 Å². The summed E-state index contributed by atoms with van der Waals surface area (Å²) >= 11 is 1.81. The maximum Gasteiger partial charge on any atom is 0.230 e. The highest BCUT2D eigenvalue weighted by atomic mass is 32.1. The number of aliphatic imine (C=N–C) groups is 1. The molecule has 0 bridgehead atoms. The summed E-state index contributed by atoms with van der Waals surface area (Å²) in [6.07, 6.45) is 1.06. The molecular formula is C20H24N6S. The van der Waals surface area contributed by atoms with Gasteiger partial charge in [-0.1, -0.05) is 17.7 Å². The van der Waals surface area contributed by atoms with Gasteiger partial charge in [-0.2, -0.15) is 0 Å². The average Bonchev–Trinajstić information content (AvgIpc) is 3.16. The molecule has 0 fully saturated rings. The summed E-state index contributed by atoms with van der Waals surface area (Å²) in [5, 5.41) is 9.80. The lowest BCUT2D eigenvalue weighted by atomic mass is 10.1. The van der Waals surface area contributed by atoms with Gasteiger partial charge >= 0.3 is 0 Å². The number of nitrogens with zero attached hydrogens (tertiary/aromatic N) is 4. The van der Waals surface area contributed by atoms with Gasteiger partial charge < -0.3 is 5.32 Å². The van der Waals surface area contributed by atoms with Crippen molar-refractivity contribution in [1.29, 1.82) is 0 Å². The highest BCUT2D eigenvalue weighted by Crippen LogP contribution is 2.22. The Kier molecular flexibility index (Phi) is 5.05. The normalized spacial score (nSPS) is 14.9. The van der Waals surface area contributed by atoms with Gasteiger partial charge in [0.25, 0.3) is 0 Å². The summed E-state index contributed by atoms with van der Waals surface area (Å²) in [5.74, 6) is 1.32. The predicted molar refractivity (Wildman–Crippen MR) is 112 cm³/mol. The van der Waals surface area contributed by atoms with E-state index in [-0.39, 0.29) is 0 Å². The number of rotatable bonds is 4. The van der Waals surface area contributed by atoms with Crippen molar-refractivity contribution in [2.45, 2.75) is 27.2 Å². The van der Waals surface area contributed by atoms with E-state index in [4.69, 9.17) is 4.98 Å². The van der Waals surface area contributed by atoms with Gasteiger partial charge in [-0.25, -0.2) is 15.0 Å². The van der Waals surface area contributed by atoms with Gasteiger partial charge in [0.2, 0.25) is 11.9 Å². The summed E-state index contributed by atoms with van der Waals surface area (Å²) < 4.78 is 0. The Morgan fingerprint density at radius 2 is 2.11 bits per heavy atom. The molecule has 1 aromatic carbocycles. The Morgan fingerprint density at radius 3 is 2.85 bits per heavy atom. The number of thiophene rings is 1. The predicted octanol–water partition coefficient (Wildman–Crippen LogP) is 3.45. The molecule has 0 amide bonds. The van der Waals surface area contributed by atoms with Crippen LogP contribution in [0.25, 0.3) is 10.9 Å². The van der Waals surface area contributed by atoms with Crippen molar-refractivity contribution in [3.8, 4) is 0 Å². The first-order chi connectivity index (χ1) is 13.1. The Hall–Kier alpha value is -2.51. The number of hydrogen-bond acceptors (Lipinski definition) is 7. The van der Waals surface area contributed by atoms with Crippen LogP contribution in [0.15, 0.2) is 34.6 Å². The molecule has 3 aromatic rings. The third-order valence-electron chi connectivity index (χ3n) is 4.71. The smallest absolute Gasteiger partial charge is 0.230 e. The third-order valence-corrected chi connectivity index (χ3v) is 5.65. The first-order valence-corrected chi connectivity index (χ1v) is 10.0. The largest absolute Gasteiger partial charge is 0.343 e. The van der Waals surface area contributed by atoms with Gasteiger partial charge in [0.1, 0.15) is 0 Å². The molecule has 6 nitrogen and oxygen atoms in total. The lowest BCUT2D eigenvalue weighted by Crippen LogP contribution is -2.46. The Bertz CT molecular complexity index is 980. The van der Waals surface area contributed by atoms with Crippen molar-refractivity contribution >= 4 is 34.1 Å². The van der Waals surface area contributed by atoms with Crippen LogP contribution in [0.5, 0.6) is 0 Å². The molecule has 7 heteroatoms. The van der Waals surface area contributed by atoms with Gasteiger partial charge in [-0.3, -0.25) is 10.2 Å². The molecule has 0 atom stereocenters. The summed E-state index contributed by atoms with van der Waals surface area (Å²) in [4.78, 5) is 17.6. The van der Waals surface area contributed by atoms with E-state index in [2.05, 4.69) is 69.0 Å². The summed E-state index contributed by atoms with van der Waals surface area (Å²) in [6.45, 7) is 8.65. The fourth-order valence-corrected chi connectivity index (χ4v) is 4.01. The zero-order valence-electron chi connectivity index (χ0n) is 15.9. The van der Waals surface area contributed by atoms with E-state index in [9.17, 15) is 0 Å². The van der Waals surface area contributed by atoms with Gasteiger partial charge in [-0.15, -0.1) is 11.3 Å². The standard InChI is InChI=1S/C20H24N6S/c1-13-9-14(2)18-17(10-13)15(3)23-20(24-18)25-19-21-11-26(12-22-19)7-6-16-5-4-8-27-16/h4-5,8-10H,6-7,11-12H2,1-3H3,(H2,21,22,23,24,25). The quantitative estimate of drug-likeness (QED) is 0.726. The second kappa shape index (κ2) is 7.62. The van der Waals surface area contributed by atoms with Crippen molar-refractivity contribution in [2.24, 2.45) is 4.99 Å². The second-order valence-electron chi connectivity index (χ2n) is 6.94. The van der Waals surface area contributed by atoms with Gasteiger partial charge in [-0.05, 0) is 50.3 Å². The van der Waals surface area contributed by atoms with E-state index in [1.54, 1.807) is 11.3 Å². The zero-order chi connectivity index (χ0) is 18.8. The van der Waals surface area contributed by atoms with Gasteiger partial charge in [0.05, 0.1) is 24.5 Å². The lowest BCUT2D eigenvalue weighted by molar-refractivity contribution is 0.269. The monoisotopic (exact) mass is 380 g/mol. The molecule has 3 heterocycles. The number of benzene rings is 1. The third kappa shape index (κ3) is 4.09. The van der Waals surface area contributed by atoms with Crippen molar-refractivity contribution in [3.63, 3.8) is 0 Å². The molecule has 1 aliphatic heterocycles. The second-order valence-corrected chi connectivity index (χ2v) is 7.97. The highest BCUT2D eigenvalue weighted by Gasteiger charge is 2.14. The first-order valence-electron chi connectivity index (χ1n) is 9.14. The molecule has 1 aliphatic rings. The summed E-state index contributed by atoms with van der Waals surface area (Å²) in [5.41, 5.74) is 4.36. The molecule has 4 rings (SSSR count). The van der Waals surface area contributed by atoms with Crippen LogP contribution in [0.3, 0.4) is 0 Å². The number of guanidine groups is 1. The van der Waals surface area contributed by atoms with Crippen LogP contribution < -0.4 is 10.6 Å². The number of aromatic nitrogens is 2. The number of aryl methyl sites for hydroxylation is 3. The highest BCUT2D eigenvalue weighted by molar-refractivity contribution is 7.09. The number of anilines is 1. The molecule has 0 spiro atoms. The van der Waals surface area contributed by atoms with Gasteiger partial charge in [0, 0.05) is 16.8 Å². The topological polar surface area (TPSA) is 65.4 Å². The van der Waals surface area contributed by atoms with Crippen LogP contribution in [0.2, 0.25) is 0 Å². The van der Waals surface area contributed by atoms with E-state index in [0.29, 0.717) is 12.6 Å². The zero-order valence-corrected chi connectivity index (χ0v) is 16.7. The number of nitrogens with one attached hydrogen (secondary N) is 2. The Balaban J connectivity index is 1.43. The molecule has 0 saturated heterocycles. The molecule has 0 unspecified atom stereocenters. The molecule has 0 aliphatic carbocycles. The van der Waals surface area contributed by atoms with Crippen molar-refractivity contribution in [1.82, 2.24) is 20.2 Å². The van der Waals surface area contributed by atoms with Crippen molar-refractivity contribution < 1.29 is 0 Å². The van der Waals surface area contributed by atoms with E-state index in [1.165, 1.54) is 10.4 Å². The maximum atomic E-state index is 4.70. The molecular weight excluding hydrogens is 356 g/mol. The minimum atomic E-state index is 0.588. The van der Waals surface area contributed by atoms with Crippen LogP contribution in [0.4, 0.5) is 5.95 Å². The maximum absolute atomic E-state index is 4.70. The van der Waals surface area contributed by atoms with Crippen LogP contribution in [-0.2, 0) is 6.42 Å². The van der Waals surface area contributed by atoms with Crippen LogP contribution in [0, 0.1) is 20.8 Å². The van der Waals surface area contributed by atoms with E-state index in [0.717, 1.165) is 47.8 Å². The molecule has 27 heavy (non-hydrogen) atoms. The molecule has 0 saturated carbocycles. The minimum Gasteiger partial charge on any atom is -0.343 e. The molecule has 2 N–H and O–H groups in total. The van der Waals surface area contributed by atoms with E-state index < -0.39 is 0 Å². The summed E-state index contributed by atoms with van der Waals surface area (Å²) in [7, 11) is 0. The number of hydrogen-bond donors (Lipinski definition) is 2. The summed E-state index contributed by atoms with van der Waals surface area (Å²) in [6, 6.07) is 8.58. The van der Waals surface area contributed by atoms with Crippen LogP contribution in [-0.4, -0.2) is 40.7 Å².